The van der Waals surface area contributed by atoms with Crippen molar-refractivity contribution in [2.45, 2.75) is 192 Å². The Bertz CT molecular complexity index is 1540. The highest BCUT2D eigenvalue weighted by molar-refractivity contribution is 7.85. The molecule has 4 N–H and O–H groups in total. The largest absolute Gasteiger partial charge is 0.462 e. The van der Waals surface area contributed by atoms with Crippen LogP contribution in [0, 0.1) is 0 Å². The Kier molecular flexibility index (Phi) is 36.5. The van der Waals surface area contributed by atoms with Crippen LogP contribution in [0.1, 0.15) is 155 Å². The van der Waals surface area contributed by atoms with Crippen molar-refractivity contribution in [2.75, 3.05) is 19.0 Å². The number of hydrogen-bond acceptors (Lipinski definition) is 11. The zero-order chi connectivity index (χ0) is 46.9. The van der Waals surface area contributed by atoms with Gasteiger partial charge in [0.25, 0.3) is 10.1 Å². The lowest BCUT2D eigenvalue weighted by molar-refractivity contribution is -0.297. The van der Waals surface area contributed by atoms with E-state index in [1.54, 1.807) is 0 Å². The molecule has 0 aromatic carbocycles. The van der Waals surface area contributed by atoms with Crippen molar-refractivity contribution in [3.05, 3.63) is 97.2 Å². The Morgan fingerprint density at radius 1 is 0.531 bits per heavy atom. The molecule has 0 bridgehead atoms. The molecule has 0 aliphatic carbocycles. The van der Waals surface area contributed by atoms with Gasteiger partial charge in [-0.3, -0.25) is 14.1 Å². The Balaban J connectivity index is 2.44. The molecular weight excluding hydrogens is 837 g/mol. The maximum atomic E-state index is 12.9. The van der Waals surface area contributed by atoms with Gasteiger partial charge in [0.05, 0.1) is 6.61 Å². The second-order valence-electron chi connectivity index (χ2n) is 16.0. The van der Waals surface area contributed by atoms with Crippen LogP contribution >= 0.6 is 0 Å². The van der Waals surface area contributed by atoms with Crippen LogP contribution in [-0.2, 0) is 38.7 Å². The summed E-state index contributed by atoms with van der Waals surface area (Å²) in [6.45, 7) is 3.48. The zero-order valence-electron chi connectivity index (χ0n) is 38.8. The first-order valence-corrected chi connectivity index (χ1v) is 25.4. The third kappa shape index (κ3) is 34.0. The van der Waals surface area contributed by atoms with Crippen molar-refractivity contribution in [1.29, 1.82) is 0 Å². The van der Waals surface area contributed by atoms with E-state index in [1.807, 2.05) is 0 Å². The molecule has 1 rings (SSSR count). The Morgan fingerprint density at radius 3 is 1.42 bits per heavy atom. The van der Waals surface area contributed by atoms with E-state index in [4.69, 9.17) is 18.9 Å². The highest BCUT2D eigenvalue weighted by atomic mass is 32.2. The van der Waals surface area contributed by atoms with E-state index in [1.165, 1.54) is 19.3 Å². The van der Waals surface area contributed by atoms with Gasteiger partial charge in [-0.2, -0.15) is 8.42 Å². The van der Waals surface area contributed by atoms with E-state index in [-0.39, 0.29) is 19.4 Å². The van der Waals surface area contributed by atoms with Gasteiger partial charge in [-0.1, -0.05) is 150 Å². The van der Waals surface area contributed by atoms with E-state index in [0.717, 1.165) is 96.3 Å². The van der Waals surface area contributed by atoms with Crippen molar-refractivity contribution in [2.24, 2.45) is 0 Å². The van der Waals surface area contributed by atoms with Gasteiger partial charge in [0.1, 0.15) is 36.8 Å². The normalized spacial score (nSPS) is 20.5. The molecule has 12 nitrogen and oxygen atoms in total. The van der Waals surface area contributed by atoms with E-state index < -0.39 is 71.2 Å². The zero-order valence-corrected chi connectivity index (χ0v) is 39.7. The van der Waals surface area contributed by atoms with E-state index in [2.05, 4.69) is 111 Å². The van der Waals surface area contributed by atoms with Crippen molar-refractivity contribution in [3.63, 3.8) is 0 Å². The van der Waals surface area contributed by atoms with Gasteiger partial charge in [0.2, 0.25) is 0 Å². The molecule has 6 unspecified atom stereocenters. The number of ether oxygens (including phenoxy) is 4. The van der Waals surface area contributed by atoms with Crippen molar-refractivity contribution < 1.29 is 56.8 Å². The average molecular weight is 919 g/mol. The Hall–Kier alpha value is -3.43. The van der Waals surface area contributed by atoms with Crippen LogP contribution in [0.4, 0.5) is 0 Å². The number of carbonyl (C=O) groups excluding carboxylic acids is 2. The SMILES string of the molecule is CC/C=C\C/C=C\C/C=C\C/C=C\CCCCCCCCCCC(=O)OC(COC(=O)CCCC/C=C\C/C=C\C/C=C\C/C=C\CC)COC1OC(CS(=O)(=O)O)C(O)C(O)C1O. The topological polar surface area (TPSA) is 186 Å². The molecule has 0 radical (unpaired) electrons. The Labute approximate surface area is 385 Å². The number of hydrogen-bond donors (Lipinski definition) is 4. The molecular formula is C51H82O12S. The number of aliphatic hydroxyl groups is 3. The summed E-state index contributed by atoms with van der Waals surface area (Å²) in [4.78, 5) is 25.5. The van der Waals surface area contributed by atoms with Crippen LogP contribution in [0.15, 0.2) is 97.2 Å². The van der Waals surface area contributed by atoms with Crippen LogP contribution in [0.25, 0.3) is 0 Å². The maximum absolute atomic E-state index is 12.9. The summed E-state index contributed by atoms with van der Waals surface area (Å²) in [5.41, 5.74) is 0. The van der Waals surface area contributed by atoms with Gasteiger partial charge in [-0.25, -0.2) is 0 Å². The molecule has 6 atom stereocenters. The number of carbonyl (C=O) groups is 2. The first kappa shape index (κ1) is 58.6. The standard InChI is InChI=1S/C51H82O12S/c1-3-5-7-9-11-13-15-17-19-20-21-22-23-24-26-28-30-32-34-36-38-40-47(53)62-44(42-61-51-50(56)49(55)48(54)45(63-51)43-64(57,58)59)41-60-46(52)39-37-35-33-31-29-27-25-18-16-14-12-10-8-6-4-2/h5-8,11-14,17-19,21-22,25,29,31,44-45,48-51,54-56H,3-4,9-10,15-16,20,23-24,26-28,30,32-43H2,1-2H3,(H,57,58,59)/b7-5-,8-6-,13-11-,14-12-,19-17-,22-21-,25-18-,31-29-. The van der Waals surface area contributed by atoms with Crippen LogP contribution in [0.2, 0.25) is 0 Å². The van der Waals surface area contributed by atoms with Crippen molar-refractivity contribution in [3.8, 4) is 0 Å². The quantitative estimate of drug-likeness (QED) is 0.0199. The fourth-order valence-corrected chi connectivity index (χ4v) is 7.23. The van der Waals surface area contributed by atoms with E-state index in [9.17, 15) is 37.9 Å². The number of unbranched alkanes of at least 4 members (excludes halogenated alkanes) is 10. The summed E-state index contributed by atoms with van der Waals surface area (Å²) >= 11 is 0. The summed E-state index contributed by atoms with van der Waals surface area (Å²) in [5, 5.41) is 30.9. The fourth-order valence-electron chi connectivity index (χ4n) is 6.54. The maximum Gasteiger partial charge on any atom is 0.306 e. The van der Waals surface area contributed by atoms with Gasteiger partial charge < -0.3 is 34.3 Å². The van der Waals surface area contributed by atoms with Crippen molar-refractivity contribution >= 4 is 22.1 Å². The average Bonchev–Trinajstić information content (AvgIpc) is 3.26. The minimum atomic E-state index is -4.62. The molecule has 0 saturated carbocycles. The smallest absolute Gasteiger partial charge is 0.306 e. The number of rotatable bonds is 38. The first-order chi connectivity index (χ1) is 31.0. The third-order valence-corrected chi connectivity index (χ3v) is 10.9. The van der Waals surface area contributed by atoms with Crippen LogP contribution in [0.5, 0.6) is 0 Å². The Morgan fingerprint density at radius 2 is 0.938 bits per heavy atom. The summed E-state index contributed by atoms with van der Waals surface area (Å²) in [6.07, 6.45) is 44.5. The lowest BCUT2D eigenvalue weighted by Gasteiger charge is -2.40. The number of allylic oxidation sites excluding steroid dienone is 16. The molecule has 1 aliphatic heterocycles. The highest BCUT2D eigenvalue weighted by Gasteiger charge is 2.46. The van der Waals surface area contributed by atoms with Gasteiger partial charge >= 0.3 is 11.9 Å². The molecule has 13 heteroatoms. The second kappa shape index (κ2) is 39.9. The van der Waals surface area contributed by atoms with Gasteiger partial charge in [-0.05, 0) is 89.9 Å². The van der Waals surface area contributed by atoms with Crippen LogP contribution in [-0.4, -0.2) is 96.0 Å². The molecule has 64 heavy (non-hydrogen) atoms. The first-order valence-electron chi connectivity index (χ1n) is 23.8. The third-order valence-electron chi connectivity index (χ3n) is 10.2. The second-order valence-corrected chi connectivity index (χ2v) is 17.5. The minimum Gasteiger partial charge on any atom is -0.462 e. The monoisotopic (exact) mass is 919 g/mol. The predicted molar refractivity (Wildman–Crippen MR) is 256 cm³/mol. The number of aliphatic hydroxyl groups excluding tert-OH is 3. The van der Waals surface area contributed by atoms with Crippen LogP contribution < -0.4 is 0 Å². The molecule has 0 amide bonds. The molecule has 1 fully saturated rings. The van der Waals surface area contributed by atoms with Crippen molar-refractivity contribution in [1.82, 2.24) is 0 Å². The van der Waals surface area contributed by atoms with E-state index in [0.29, 0.717) is 12.8 Å². The predicted octanol–water partition coefficient (Wildman–Crippen LogP) is 10.2. The molecule has 364 valence electrons. The molecule has 0 aromatic rings. The summed E-state index contributed by atoms with van der Waals surface area (Å²) in [7, 11) is -4.62. The van der Waals surface area contributed by atoms with E-state index >= 15 is 0 Å². The molecule has 1 heterocycles. The minimum absolute atomic E-state index is 0.139. The lowest BCUT2D eigenvalue weighted by Crippen LogP contribution is -2.60. The van der Waals surface area contributed by atoms with Gasteiger partial charge in [0, 0.05) is 12.8 Å². The molecule has 0 spiro atoms. The molecule has 1 aliphatic rings. The fraction of sp³-hybridized carbons (Fsp3) is 0.647. The summed E-state index contributed by atoms with van der Waals surface area (Å²) in [5.74, 6) is -2.06. The van der Waals surface area contributed by atoms with Gasteiger partial charge in [-0.15, -0.1) is 0 Å². The van der Waals surface area contributed by atoms with Gasteiger partial charge in [0.15, 0.2) is 12.4 Å². The summed E-state index contributed by atoms with van der Waals surface area (Å²) < 4.78 is 54.1. The molecule has 0 aromatic heterocycles. The van der Waals surface area contributed by atoms with Crippen LogP contribution in [0.3, 0.4) is 0 Å². The lowest BCUT2D eigenvalue weighted by atomic mass is 10.00. The highest BCUT2D eigenvalue weighted by Crippen LogP contribution is 2.24. The number of esters is 2. The molecule has 1 saturated heterocycles. The summed E-state index contributed by atoms with van der Waals surface area (Å²) in [6, 6.07) is 0.